The van der Waals surface area contributed by atoms with Crippen molar-refractivity contribution in [2.24, 2.45) is 0 Å². The first-order chi connectivity index (χ1) is 10.6. The standard InChI is InChI=1S/C13H17N5O3S/c19-22(20,11-12-4-10-21-16-12)18-7-2-6-17(8-9-18)13-3-1-5-14-15-13/h1,3-5,10H,2,6-9,11H2. The van der Waals surface area contributed by atoms with Gasteiger partial charge in [0.1, 0.15) is 12.0 Å². The number of aromatic nitrogens is 3. The lowest BCUT2D eigenvalue weighted by Gasteiger charge is -2.21. The maximum atomic E-state index is 12.4. The van der Waals surface area contributed by atoms with Gasteiger partial charge in [0.05, 0.1) is 5.69 Å². The molecule has 9 heteroatoms. The fourth-order valence-electron chi connectivity index (χ4n) is 2.45. The maximum Gasteiger partial charge on any atom is 0.220 e. The highest BCUT2D eigenvalue weighted by Crippen LogP contribution is 2.16. The molecule has 2 aromatic rings. The molecule has 1 aliphatic rings. The molecule has 1 fully saturated rings. The van der Waals surface area contributed by atoms with E-state index in [1.54, 1.807) is 12.3 Å². The fraction of sp³-hybridized carbons (Fsp3) is 0.462. The largest absolute Gasteiger partial charge is 0.364 e. The normalized spacial score (nSPS) is 17.4. The van der Waals surface area contributed by atoms with E-state index in [1.165, 1.54) is 10.6 Å². The zero-order valence-corrected chi connectivity index (χ0v) is 12.8. The van der Waals surface area contributed by atoms with Crippen LogP contribution in [-0.4, -0.2) is 54.3 Å². The molecule has 0 N–H and O–H groups in total. The molecule has 0 saturated carbocycles. The van der Waals surface area contributed by atoms with Crippen molar-refractivity contribution in [1.82, 2.24) is 19.7 Å². The number of hydrogen-bond acceptors (Lipinski definition) is 7. The summed E-state index contributed by atoms with van der Waals surface area (Å²) < 4.78 is 31.1. The van der Waals surface area contributed by atoms with Gasteiger partial charge in [-0.15, -0.1) is 5.10 Å². The third-order valence-corrected chi connectivity index (χ3v) is 5.36. The molecule has 2 aromatic heterocycles. The van der Waals surface area contributed by atoms with Gasteiger partial charge in [0.25, 0.3) is 0 Å². The van der Waals surface area contributed by atoms with Crippen LogP contribution in [0.3, 0.4) is 0 Å². The Morgan fingerprint density at radius 3 is 2.82 bits per heavy atom. The summed E-state index contributed by atoms with van der Waals surface area (Å²) in [4.78, 5) is 2.05. The summed E-state index contributed by atoms with van der Waals surface area (Å²) in [5, 5.41) is 11.6. The third-order valence-electron chi connectivity index (χ3n) is 3.55. The van der Waals surface area contributed by atoms with Crippen molar-refractivity contribution < 1.29 is 12.9 Å². The molecule has 22 heavy (non-hydrogen) atoms. The molecule has 8 nitrogen and oxygen atoms in total. The maximum absolute atomic E-state index is 12.4. The molecule has 1 aliphatic heterocycles. The van der Waals surface area contributed by atoms with E-state index in [0.29, 0.717) is 25.3 Å². The van der Waals surface area contributed by atoms with Gasteiger partial charge in [-0.05, 0) is 18.6 Å². The minimum Gasteiger partial charge on any atom is -0.364 e. The molecular weight excluding hydrogens is 306 g/mol. The van der Waals surface area contributed by atoms with E-state index in [-0.39, 0.29) is 5.75 Å². The molecule has 3 heterocycles. The number of sulfonamides is 1. The van der Waals surface area contributed by atoms with Gasteiger partial charge < -0.3 is 9.42 Å². The summed E-state index contributed by atoms with van der Waals surface area (Å²) in [6, 6.07) is 5.28. The van der Waals surface area contributed by atoms with E-state index in [0.717, 1.165) is 18.8 Å². The number of hydrogen-bond donors (Lipinski definition) is 0. The quantitative estimate of drug-likeness (QED) is 0.809. The average molecular weight is 323 g/mol. The van der Waals surface area contributed by atoms with Crippen LogP contribution in [0.25, 0.3) is 0 Å². The second kappa shape index (κ2) is 6.41. The smallest absolute Gasteiger partial charge is 0.220 e. The fourth-order valence-corrected chi connectivity index (χ4v) is 3.93. The molecular formula is C13H17N5O3S. The van der Waals surface area contributed by atoms with Crippen LogP contribution < -0.4 is 4.90 Å². The SMILES string of the molecule is O=S(=O)(Cc1ccon1)N1CCCN(c2cccnn2)CC1. The summed E-state index contributed by atoms with van der Waals surface area (Å²) >= 11 is 0. The highest BCUT2D eigenvalue weighted by Gasteiger charge is 2.26. The van der Waals surface area contributed by atoms with Crippen LogP contribution >= 0.6 is 0 Å². The van der Waals surface area contributed by atoms with E-state index < -0.39 is 10.0 Å². The van der Waals surface area contributed by atoms with Crippen molar-refractivity contribution >= 4 is 15.8 Å². The highest BCUT2D eigenvalue weighted by atomic mass is 32.2. The molecule has 0 aromatic carbocycles. The van der Waals surface area contributed by atoms with Crippen molar-refractivity contribution in [3.05, 3.63) is 36.4 Å². The van der Waals surface area contributed by atoms with Crippen LogP contribution in [0.4, 0.5) is 5.82 Å². The Bertz CT molecular complexity index is 690. The van der Waals surface area contributed by atoms with Crippen molar-refractivity contribution in [3.63, 3.8) is 0 Å². The van der Waals surface area contributed by atoms with Crippen LogP contribution in [-0.2, 0) is 15.8 Å². The molecule has 1 saturated heterocycles. The predicted molar refractivity (Wildman–Crippen MR) is 79.6 cm³/mol. The van der Waals surface area contributed by atoms with Gasteiger partial charge >= 0.3 is 0 Å². The summed E-state index contributed by atoms with van der Waals surface area (Å²) in [6.07, 6.45) is 3.74. The van der Waals surface area contributed by atoms with Gasteiger partial charge in [0, 0.05) is 38.4 Å². The number of rotatable bonds is 4. The zero-order valence-electron chi connectivity index (χ0n) is 12.0. The lowest BCUT2D eigenvalue weighted by molar-refractivity contribution is 0.409. The zero-order chi connectivity index (χ0) is 15.4. The first kappa shape index (κ1) is 14.9. The number of anilines is 1. The van der Waals surface area contributed by atoms with Gasteiger partial charge in [-0.3, -0.25) is 0 Å². The second-order valence-electron chi connectivity index (χ2n) is 5.07. The Morgan fingerprint density at radius 2 is 2.09 bits per heavy atom. The molecule has 0 unspecified atom stereocenters. The van der Waals surface area contributed by atoms with E-state index in [4.69, 9.17) is 4.52 Å². The summed E-state index contributed by atoms with van der Waals surface area (Å²) in [5.74, 6) is 0.646. The summed E-state index contributed by atoms with van der Waals surface area (Å²) in [5.41, 5.74) is 0.426. The Morgan fingerprint density at radius 1 is 1.18 bits per heavy atom. The van der Waals surface area contributed by atoms with E-state index in [2.05, 4.69) is 20.3 Å². The molecule has 0 aliphatic carbocycles. The number of nitrogens with zero attached hydrogens (tertiary/aromatic N) is 5. The minimum atomic E-state index is -3.39. The summed E-state index contributed by atoms with van der Waals surface area (Å²) in [6.45, 7) is 2.28. The first-order valence-corrected chi connectivity index (χ1v) is 8.66. The Hall–Kier alpha value is -2.00. The van der Waals surface area contributed by atoms with Crippen molar-refractivity contribution in [2.75, 3.05) is 31.1 Å². The minimum absolute atomic E-state index is 0.130. The van der Waals surface area contributed by atoms with Gasteiger partial charge in [-0.2, -0.15) is 9.40 Å². The molecule has 0 amide bonds. The predicted octanol–water partition coefficient (Wildman–Crippen LogP) is 0.507. The van der Waals surface area contributed by atoms with Crippen molar-refractivity contribution in [3.8, 4) is 0 Å². The monoisotopic (exact) mass is 323 g/mol. The first-order valence-electron chi connectivity index (χ1n) is 7.05. The van der Waals surface area contributed by atoms with E-state index in [1.807, 2.05) is 12.1 Å². The molecule has 0 bridgehead atoms. The van der Waals surface area contributed by atoms with E-state index >= 15 is 0 Å². The Labute approximate surface area is 128 Å². The third kappa shape index (κ3) is 3.42. The van der Waals surface area contributed by atoms with Crippen LogP contribution in [0, 0.1) is 0 Å². The topological polar surface area (TPSA) is 92.4 Å². The van der Waals surface area contributed by atoms with Crippen LogP contribution in [0.5, 0.6) is 0 Å². The molecule has 0 spiro atoms. The molecule has 0 radical (unpaired) electrons. The highest BCUT2D eigenvalue weighted by molar-refractivity contribution is 7.88. The van der Waals surface area contributed by atoms with E-state index in [9.17, 15) is 8.42 Å². The van der Waals surface area contributed by atoms with Crippen LogP contribution in [0.2, 0.25) is 0 Å². The molecule has 0 atom stereocenters. The lowest BCUT2D eigenvalue weighted by Crippen LogP contribution is -2.36. The lowest BCUT2D eigenvalue weighted by atomic mass is 10.4. The van der Waals surface area contributed by atoms with Gasteiger partial charge in [-0.25, -0.2) is 8.42 Å². The van der Waals surface area contributed by atoms with Gasteiger partial charge in [-0.1, -0.05) is 5.16 Å². The average Bonchev–Trinajstić information content (AvgIpc) is 2.88. The Kier molecular flexibility index (Phi) is 4.34. The summed E-state index contributed by atoms with van der Waals surface area (Å²) in [7, 11) is -3.39. The van der Waals surface area contributed by atoms with Crippen LogP contribution in [0.1, 0.15) is 12.1 Å². The van der Waals surface area contributed by atoms with Crippen LogP contribution in [0.15, 0.2) is 35.2 Å². The molecule has 3 rings (SSSR count). The van der Waals surface area contributed by atoms with Crippen molar-refractivity contribution in [2.45, 2.75) is 12.2 Å². The van der Waals surface area contributed by atoms with Gasteiger partial charge in [0.15, 0.2) is 5.82 Å². The van der Waals surface area contributed by atoms with Gasteiger partial charge in [0.2, 0.25) is 10.0 Å². The Balaban J connectivity index is 1.67. The second-order valence-corrected chi connectivity index (χ2v) is 7.04. The van der Waals surface area contributed by atoms with Crippen molar-refractivity contribution in [1.29, 1.82) is 0 Å². The molecule has 118 valence electrons.